The lowest BCUT2D eigenvalue weighted by molar-refractivity contribution is 0.404. The number of rotatable bonds is 6. The highest BCUT2D eigenvalue weighted by Crippen LogP contribution is 2.51. The van der Waals surface area contributed by atoms with Gasteiger partial charge in [-0.1, -0.05) is 18.2 Å². The van der Waals surface area contributed by atoms with E-state index in [-0.39, 0.29) is 5.41 Å². The van der Waals surface area contributed by atoms with E-state index < -0.39 is 0 Å². The monoisotopic (exact) mass is 289 g/mol. The highest BCUT2D eigenvalue weighted by Gasteiger charge is 2.46. The number of hydrogen-bond acceptors (Lipinski definition) is 2. The first kappa shape index (κ1) is 15.7. The fraction of sp³-hybridized carbons (Fsp3) is 0.588. The molecule has 116 valence electrons. The Morgan fingerprint density at radius 3 is 2.62 bits per heavy atom. The van der Waals surface area contributed by atoms with Gasteiger partial charge in [0.2, 0.25) is 0 Å². The van der Waals surface area contributed by atoms with Gasteiger partial charge in [-0.15, -0.1) is 0 Å². The van der Waals surface area contributed by atoms with E-state index in [0.29, 0.717) is 6.04 Å². The van der Waals surface area contributed by atoms with E-state index in [0.717, 1.165) is 24.8 Å². The Kier molecular flexibility index (Phi) is 5.10. The molecule has 0 spiro atoms. The number of aliphatic imine (C=N–C) groups is 1. The zero-order valence-corrected chi connectivity index (χ0v) is 13.6. The van der Waals surface area contributed by atoms with Gasteiger partial charge in [0.05, 0.1) is 13.7 Å². The molecule has 21 heavy (non-hydrogen) atoms. The van der Waals surface area contributed by atoms with Gasteiger partial charge in [-0.3, -0.25) is 4.99 Å². The molecule has 0 aliphatic heterocycles. The third kappa shape index (κ3) is 3.90. The number of methoxy groups -OCH3 is 1. The van der Waals surface area contributed by atoms with Crippen molar-refractivity contribution in [2.24, 2.45) is 4.99 Å². The van der Waals surface area contributed by atoms with Crippen LogP contribution in [-0.2, 0) is 5.41 Å². The van der Waals surface area contributed by atoms with Crippen molar-refractivity contribution in [1.82, 2.24) is 10.6 Å². The molecule has 1 saturated carbocycles. The van der Waals surface area contributed by atoms with Crippen LogP contribution in [0.25, 0.3) is 0 Å². The van der Waals surface area contributed by atoms with Crippen LogP contribution in [-0.4, -0.2) is 32.2 Å². The molecule has 0 saturated heterocycles. The molecular weight excluding hydrogens is 262 g/mol. The summed E-state index contributed by atoms with van der Waals surface area (Å²) in [6.45, 7) is 8.01. The topological polar surface area (TPSA) is 45.7 Å². The second-order valence-electron chi connectivity index (χ2n) is 5.97. The summed E-state index contributed by atoms with van der Waals surface area (Å²) in [4.78, 5) is 4.78. The van der Waals surface area contributed by atoms with Gasteiger partial charge in [0.1, 0.15) is 5.75 Å². The summed E-state index contributed by atoms with van der Waals surface area (Å²) in [6.07, 6.45) is 2.36. The lowest BCUT2D eigenvalue weighted by Crippen LogP contribution is -2.41. The Hall–Kier alpha value is -1.71. The summed E-state index contributed by atoms with van der Waals surface area (Å²) >= 11 is 0. The maximum Gasteiger partial charge on any atom is 0.191 e. The van der Waals surface area contributed by atoms with Crippen molar-refractivity contribution in [3.05, 3.63) is 29.8 Å². The molecule has 0 bridgehead atoms. The Bertz CT molecular complexity index is 493. The van der Waals surface area contributed by atoms with Crippen LogP contribution in [0, 0.1) is 0 Å². The average molecular weight is 289 g/mol. The standard InChI is InChI=1S/C17H27N3O/c1-5-18-16(20-13(2)3)19-12-17(10-11-17)14-8-6-7-9-15(14)21-4/h6-9,13H,5,10-12H2,1-4H3,(H2,18,19,20). The molecule has 4 nitrogen and oxygen atoms in total. The minimum absolute atomic E-state index is 0.159. The highest BCUT2D eigenvalue weighted by atomic mass is 16.5. The summed E-state index contributed by atoms with van der Waals surface area (Å²) in [6, 6.07) is 8.69. The van der Waals surface area contributed by atoms with Crippen LogP contribution < -0.4 is 15.4 Å². The van der Waals surface area contributed by atoms with E-state index in [1.807, 2.05) is 12.1 Å². The molecule has 0 atom stereocenters. The normalized spacial score (nSPS) is 16.7. The molecule has 1 aromatic rings. The van der Waals surface area contributed by atoms with Gasteiger partial charge in [0, 0.05) is 23.6 Å². The summed E-state index contributed by atoms with van der Waals surface area (Å²) in [5, 5.41) is 6.67. The number of nitrogens with one attached hydrogen (secondary N) is 2. The largest absolute Gasteiger partial charge is 0.496 e. The maximum absolute atomic E-state index is 5.51. The SMILES string of the molecule is CCNC(=NCC1(c2ccccc2OC)CC1)NC(C)C. The molecule has 1 aliphatic carbocycles. The quantitative estimate of drug-likeness (QED) is 0.625. The fourth-order valence-corrected chi connectivity index (χ4v) is 2.57. The fourth-order valence-electron chi connectivity index (χ4n) is 2.57. The van der Waals surface area contributed by atoms with E-state index in [4.69, 9.17) is 9.73 Å². The summed E-state index contributed by atoms with van der Waals surface area (Å²) in [7, 11) is 1.74. The molecular formula is C17H27N3O. The first-order chi connectivity index (χ1) is 10.1. The third-order valence-corrected chi connectivity index (χ3v) is 3.84. The summed E-state index contributed by atoms with van der Waals surface area (Å²) in [5.41, 5.74) is 1.45. The van der Waals surface area contributed by atoms with Crippen LogP contribution in [0.3, 0.4) is 0 Å². The molecule has 1 aromatic carbocycles. The Labute approximate surface area is 128 Å². The van der Waals surface area contributed by atoms with E-state index in [2.05, 4.69) is 43.5 Å². The van der Waals surface area contributed by atoms with Crippen molar-refractivity contribution in [2.75, 3.05) is 20.2 Å². The van der Waals surface area contributed by atoms with E-state index in [9.17, 15) is 0 Å². The number of para-hydroxylation sites is 1. The molecule has 2 rings (SSSR count). The van der Waals surface area contributed by atoms with Crippen LogP contribution in [0.4, 0.5) is 0 Å². The molecule has 1 fully saturated rings. The molecule has 0 amide bonds. The number of guanidine groups is 1. The lowest BCUT2D eigenvalue weighted by Gasteiger charge is -2.19. The van der Waals surface area contributed by atoms with E-state index >= 15 is 0 Å². The van der Waals surface area contributed by atoms with Crippen LogP contribution in [0.2, 0.25) is 0 Å². The molecule has 0 heterocycles. The van der Waals surface area contributed by atoms with Crippen molar-refractivity contribution >= 4 is 5.96 Å². The van der Waals surface area contributed by atoms with Crippen LogP contribution in [0.15, 0.2) is 29.3 Å². The number of hydrogen-bond donors (Lipinski definition) is 2. The molecule has 1 aliphatic rings. The van der Waals surface area contributed by atoms with Gasteiger partial charge in [-0.25, -0.2) is 0 Å². The Balaban J connectivity index is 2.13. The van der Waals surface area contributed by atoms with Gasteiger partial charge >= 0.3 is 0 Å². The molecule has 0 unspecified atom stereocenters. The van der Waals surface area contributed by atoms with Crippen molar-refractivity contribution in [3.8, 4) is 5.75 Å². The maximum atomic E-state index is 5.51. The predicted molar refractivity (Wildman–Crippen MR) is 88.2 cm³/mol. The smallest absolute Gasteiger partial charge is 0.191 e. The Morgan fingerprint density at radius 1 is 1.33 bits per heavy atom. The van der Waals surface area contributed by atoms with Gasteiger partial charge in [0.25, 0.3) is 0 Å². The zero-order chi connectivity index (χ0) is 15.3. The van der Waals surface area contributed by atoms with Gasteiger partial charge < -0.3 is 15.4 Å². The van der Waals surface area contributed by atoms with Crippen molar-refractivity contribution in [3.63, 3.8) is 0 Å². The van der Waals surface area contributed by atoms with Crippen LogP contribution in [0.5, 0.6) is 5.75 Å². The number of ether oxygens (including phenoxy) is 1. The zero-order valence-electron chi connectivity index (χ0n) is 13.6. The second-order valence-corrected chi connectivity index (χ2v) is 5.97. The summed E-state index contributed by atoms with van der Waals surface area (Å²) < 4.78 is 5.51. The Morgan fingerprint density at radius 2 is 2.05 bits per heavy atom. The molecule has 2 N–H and O–H groups in total. The van der Waals surface area contributed by atoms with Crippen molar-refractivity contribution < 1.29 is 4.74 Å². The molecule has 0 radical (unpaired) electrons. The first-order valence-corrected chi connectivity index (χ1v) is 7.79. The highest BCUT2D eigenvalue weighted by molar-refractivity contribution is 5.80. The van der Waals surface area contributed by atoms with Crippen LogP contribution >= 0.6 is 0 Å². The molecule has 4 heteroatoms. The first-order valence-electron chi connectivity index (χ1n) is 7.79. The van der Waals surface area contributed by atoms with Crippen molar-refractivity contribution in [1.29, 1.82) is 0 Å². The van der Waals surface area contributed by atoms with Gasteiger partial charge in [-0.05, 0) is 39.7 Å². The minimum Gasteiger partial charge on any atom is -0.496 e. The number of nitrogens with zero attached hydrogens (tertiary/aromatic N) is 1. The predicted octanol–water partition coefficient (Wildman–Crippen LogP) is 2.69. The van der Waals surface area contributed by atoms with E-state index in [1.54, 1.807) is 7.11 Å². The summed E-state index contributed by atoms with van der Waals surface area (Å²) in [5.74, 6) is 1.88. The van der Waals surface area contributed by atoms with Crippen LogP contribution in [0.1, 0.15) is 39.2 Å². The van der Waals surface area contributed by atoms with Gasteiger partial charge in [0.15, 0.2) is 5.96 Å². The second kappa shape index (κ2) is 6.83. The minimum atomic E-state index is 0.159. The molecule has 0 aromatic heterocycles. The average Bonchev–Trinajstić information content (AvgIpc) is 3.25. The van der Waals surface area contributed by atoms with Crippen molar-refractivity contribution in [2.45, 2.75) is 45.1 Å². The van der Waals surface area contributed by atoms with Gasteiger partial charge in [-0.2, -0.15) is 0 Å². The van der Waals surface area contributed by atoms with E-state index in [1.165, 1.54) is 18.4 Å². The lowest BCUT2D eigenvalue weighted by atomic mass is 9.95. The number of benzene rings is 1. The third-order valence-electron chi connectivity index (χ3n) is 3.84.